The van der Waals surface area contributed by atoms with E-state index in [1.165, 1.54) is 11.9 Å². The fourth-order valence-electron chi connectivity index (χ4n) is 4.24. The van der Waals surface area contributed by atoms with E-state index >= 15 is 0 Å². The Morgan fingerprint density at radius 3 is 2.66 bits per heavy atom. The highest BCUT2D eigenvalue weighted by Crippen LogP contribution is 2.30. The Balaban J connectivity index is 0.00000253. The van der Waals surface area contributed by atoms with Gasteiger partial charge in [0, 0.05) is 55.6 Å². The third kappa shape index (κ3) is 4.76. The number of hydrogen-bond donors (Lipinski definition) is 2. The molecule has 0 spiro atoms. The van der Waals surface area contributed by atoms with Gasteiger partial charge in [0.1, 0.15) is 5.69 Å². The third-order valence-electron chi connectivity index (χ3n) is 6.01. The molecule has 0 aliphatic carbocycles. The number of nitrogens with one attached hydrogen (secondary N) is 2. The number of carbonyl (C=O) groups is 1. The Labute approximate surface area is 212 Å². The van der Waals surface area contributed by atoms with E-state index in [-0.39, 0.29) is 24.0 Å². The van der Waals surface area contributed by atoms with Gasteiger partial charge in [-0.1, -0.05) is 30.3 Å². The van der Waals surface area contributed by atoms with Gasteiger partial charge in [-0.3, -0.25) is 19.1 Å². The molecule has 4 heterocycles. The fraction of sp³-hybridized carbons (Fsp3) is 0.200. The molecular formula is C25H23ClN7OS-. The van der Waals surface area contributed by atoms with Gasteiger partial charge >= 0.3 is 0 Å². The zero-order chi connectivity index (χ0) is 22.9. The number of fused-ring (bicyclic) bond motifs is 2. The van der Waals surface area contributed by atoms with Gasteiger partial charge < -0.3 is 23.0 Å². The van der Waals surface area contributed by atoms with Crippen molar-refractivity contribution in [2.75, 3.05) is 31.5 Å². The lowest BCUT2D eigenvalue weighted by molar-refractivity contribution is -0.0000144. The lowest BCUT2D eigenvalue weighted by Crippen LogP contribution is -3.00. The van der Waals surface area contributed by atoms with Crippen molar-refractivity contribution >= 4 is 38.9 Å². The van der Waals surface area contributed by atoms with E-state index in [0.717, 1.165) is 54.5 Å². The van der Waals surface area contributed by atoms with Gasteiger partial charge in [-0.25, -0.2) is 9.97 Å². The molecule has 1 amide bonds. The summed E-state index contributed by atoms with van der Waals surface area (Å²) in [4.78, 5) is 30.1. The summed E-state index contributed by atoms with van der Waals surface area (Å²) < 4.78 is 2.16. The summed E-state index contributed by atoms with van der Waals surface area (Å²) in [5.74, 6) is -0.300. The van der Waals surface area contributed by atoms with Crippen molar-refractivity contribution < 1.29 is 17.2 Å². The zero-order valence-electron chi connectivity index (χ0n) is 18.8. The molecule has 2 N–H and O–H groups in total. The minimum Gasteiger partial charge on any atom is -1.00 e. The van der Waals surface area contributed by atoms with Crippen LogP contribution in [0, 0.1) is 0 Å². The van der Waals surface area contributed by atoms with E-state index in [1.807, 2.05) is 48.5 Å². The Bertz CT molecular complexity index is 1490. The highest BCUT2D eigenvalue weighted by atomic mass is 35.5. The predicted molar refractivity (Wildman–Crippen MR) is 134 cm³/mol. The third-order valence-corrected chi connectivity index (χ3v) is 6.90. The van der Waals surface area contributed by atoms with E-state index < -0.39 is 0 Å². The van der Waals surface area contributed by atoms with Crippen LogP contribution in [0.1, 0.15) is 16.2 Å². The normalized spacial score (nSPS) is 14.2. The van der Waals surface area contributed by atoms with Crippen LogP contribution in [0.4, 0.5) is 5.69 Å². The summed E-state index contributed by atoms with van der Waals surface area (Å²) in [5.41, 5.74) is 5.34. The molecule has 0 radical (unpaired) electrons. The number of amides is 1. The maximum atomic E-state index is 13.0. The summed E-state index contributed by atoms with van der Waals surface area (Å²) in [6, 6.07) is 15.2. The quantitative estimate of drug-likeness (QED) is 0.366. The molecule has 3 aromatic heterocycles. The topological polar surface area (TPSA) is 87.5 Å². The van der Waals surface area contributed by atoms with Crippen LogP contribution in [0.2, 0.25) is 0 Å². The van der Waals surface area contributed by atoms with E-state index in [2.05, 4.69) is 41.5 Å². The number of carbonyl (C=O) groups excluding carboxylic acids is 1. The lowest BCUT2D eigenvalue weighted by Gasteiger charge is -2.26. The van der Waals surface area contributed by atoms with E-state index in [1.54, 1.807) is 11.3 Å². The van der Waals surface area contributed by atoms with Gasteiger partial charge in [-0.15, -0.1) is 11.3 Å². The Hall–Kier alpha value is -3.37. The van der Waals surface area contributed by atoms with E-state index in [9.17, 15) is 4.79 Å². The van der Waals surface area contributed by atoms with Crippen molar-refractivity contribution in [3.05, 3.63) is 77.7 Å². The van der Waals surface area contributed by atoms with E-state index in [4.69, 9.17) is 4.98 Å². The molecule has 0 atom stereocenters. The summed E-state index contributed by atoms with van der Waals surface area (Å²) in [6.45, 7) is 5.04. The van der Waals surface area contributed by atoms with Crippen LogP contribution in [-0.2, 0) is 6.54 Å². The minimum atomic E-state index is -0.300. The number of halogens is 1. The number of anilines is 1. The first kappa shape index (κ1) is 23.4. The second-order valence-corrected chi connectivity index (χ2v) is 9.11. The van der Waals surface area contributed by atoms with Crippen molar-refractivity contribution in [1.82, 2.24) is 29.6 Å². The number of aromatic nitrogens is 4. The second-order valence-electron chi connectivity index (χ2n) is 8.28. The average Bonchev–Trinajstić information content (AvgIpc) is 3.46. The van der Waals surface area contributed by atoms with Crippen molar-refractivity contribution in [2.24, 2.45) is 0 Å². The molecule has 10 heteroatoms. The van der Waals surface area contributed by atoms with Gasteiger partial charge in [-0.05, 0) is 18.2 Å². The number of hydrogen-bond acceptors (Lipinski definition) is 7. The average molecular weight is 505 g/mol. The van der Waals surface area contributed by atoms with Crippen molar-refractivity contribution in [2.45, 2.75) is 6.54 Å². The summed E-state index contributed by atoms with van der Waals surface area (Å²) in [5, 5.41) is 8.58. The maximum absolute atomic E-state index is 13.0. The fourth-order valence-corrected chi connectivity index (χ4v) is 5.10. The first-order valence-corrected chi connectivity index (χ1v) is 12.1. The molecule has 0 unspecified atom stereocenters. The Kier molecular flexibility index (Phi) is 6.74. The lowest BCUT2D eigenvalue weighted by atomic mass is 10.1. The number of benzene rings is 2. The molecule has 8 nitrogen and oxygen atoms in total. The van der Waals surface area contributed by atoms with E-state index in [0.29, 0.717) is 11.2 Å². The van der Waals surface area contributed by atoms with Crippen LogP contribution < -0.4 is 23.0 Å². The SMILES string of the molecule is O=C(Nc1ccccc1-c1cn2c(CN3CCNCC3)csc2n1)c1cnc2ccccc2n1.[Cl-]. The highest BCUT2D eigenvalue weighted by Gasteiger charge is 2.17. The molecule has 0 bridgehead atoms. The number of rotatable bonds is 5. The standard InChI is InChI=1S/C25H23N7OS.ClH/c33-24(22-13-27-20-7-3-4-8-21(20)28-22)29-19-6-2-1-5-18(19)23-15-32-17(16-34-25(32)30-23)14-31-11-9-26-10-12-31;/h1-8,13,15-16,26H,9-12,14H2,(H,29,33);1H/p-1. The van der Waals surface area contributed by atoms with Gasteiger partial charge in [-0.2, -0.15) is 0 Å². The summed E-state index contributed by atoms with van der Waals surface area (Å²) in [6.07, 6.45) is 3.57. The molecule has 1 fully saturated rings. The molecule has 2 aromatic carbocycles. The van der Waals surface area contributed by atoms with Crippen LogP contribution in [0.5, 0.6) is 0 Å². The predicted octanol–water partition coefficient (Wildman–Crippen LogP) is 0.667. The first-order valence-electron chi connectivity index (χ1n) is 11.3. The Morgan fingerprint density at radius 1 is 1.03 bits per heavy atom. The van der Waals surface area contributed by atoms with Gasteiger partial charge in [0.15, 0.2) is 4.96 Å². The smallest absolute Gasteiger partial charge is 0.275 e. The molecular weight excluding hydrogens is 482 g/mol. The molecule has 6 rings (SSSR count). The number of piperazine rings is 1. The largest absolute Gasteiger partial charge is 1.00 e. The van der Waals surface area contributed by atoms with Crippen LogP contribution >= 0.6 is 11.3 Å². The number of nitrogens with zero attached hydrogens (tertiary/aromatic N) is 5. The number of para-hydroxylation sites is 3. The monoisotopic (exact) mass is 504 g/mol. The molecule has 5 aromatic rings. The molecule has 35 heavy (non-hydrogen) atoms. The van der Waals surface area contributed by atoms with Gasteiger partial charge in [0.25, 0.3) is 5.91 Å². The summed E-state index contributed by atoms with van der Waals surface area (Å²) in [7, 11) is 0. The maximum Gasteiger partial charge on any atom is 0.275 e. The molecule has 178 valence electrons. The highest BCUT2D eigenvalue weighted by molar-refractivity contribution is 7.15. The van der Waals surface area contributed by atoms with Crippen LogP contribution in [0.25, 0.3) is 27.3 Å². The first-order chi connectivity index (χ1) is 16.7. The van der Waals surface area contributed by atoms with Crippen molar-refractivity contribution in [1.29, 1.82) is 0 Å². The van der Waals surface area contributed by atoms with Crippen molar-refractivity contribution in [3.8, 4) is 11.3 Å². The van der Waals surface area contributed by atoms with Crippen LogP contribution in [0.3, 0.4) is 0 Å². The van der Waals surface area contributed by atoms with Crippen LogP contribution in [-0.4, -0.2) is 56.3 Å². The Morgan fingerprint density at radius 2 is 1.80 bits per heavy atom. The molecule has 1 aliphatic heterocycles. The van der Waals surface area contributed by atoms with Crippen molar-refractivity contribution in [3.63, 3.8) is 0 Å². The molecule has 1 saturated heterocycles. The number of thiazole rings is 1. The van der Waals surface area contributed by atoms with Gasteiger partial charge in [0.2, 0.25) is 0 Å². The second kappa shape index (κ2) is 10.1. The number of imidazole rings is 1. The van der Waals surface area contributed by atoms with Gasteiger partial charge in [0.05, 0.1) is 28.6 Å². The van der Waals surface area contributed by atoms with Crippen LogP contribution in [0.15, 0.2) is 66.3 Å². The molecule has 0 saturated carbocycles. The summed E-state index contributed by atoms with van der Waals surface area (Å²) >= 11 is 1.64. The minimum absolute atomic E-state index is 0. The zero-order valence-corrected chi connectivity index (χ0v) is 20.4. The molecule has 1 aliphatic rings.